The maximum absolute atomic E-state index is 4.63. The quantitative estimate of drug-likeness (QED) is 0.862. The number of aromatic nitrogens is 2. The van der Waals surface area contributed by atoms with Gasteiger partial charge >= 0.3 is 0 Å². The lowest BCUT2D eigenvalue weighted by atomic mass is 9.98. The van der Waals surface area contributed by atoms with Crippen molar-refractivity contribution in [3.8, 4) is 0 Å². The maximum Gasteiger partial charge on any atom is 0.0958 e. The molecule has 2 aliphatic rings. The summed E-state index contributed by atoms with van der Waals surface area (Å²) in [6.45, 7) is 5.66. The zero-order valence-electron chi connectivity index (χ0n) is 12.2. The Balaban J connectivity index is 1.72. The summed E-state index contributed by atoms with van der Waals surface area (Å²) in [5, 5.41) is 3.57. The highest BCUT2D eigenvalue weighted by atomic mass is 15.0. The Labute approximate surface area is 120 Å². The molecule has 1 aliphatic heterocycles. The fraction of sp³-hybridized carbons (Fsp3) is 0.588. The standard InChI is InChI=1S/C17H23N3/c1-2-3-4-5-20-11-19-16-7-14-12-6-13(10-18-9-12)15(14)8-17(16)20/h7-8,11-13,18H,2-6,9-10H2,1H3. The predicted octanol–water partition coefficient (Wildman–Crippen LogP) is 3.40. The van der Waals surface area contributed by atoms with Crippen molar-refractivity contribution >= 4 is 11.0 Å². The Morgan fingerprint density at radius 2 is 2.00 bits per heavy atom. The molecule has 0 spiro atoms. The van der Waals surface area contributed by atoms with Crippen molar-refractivity contribution in [2.75, 3.05) is 13.1 Å². The summed E-state index contributed by atoms with van der Waals surface area (Å²) in [5.74, 6) is 1.45. The van der Waals surface area contributed by atoms with Crippen molar-refractivity contribution in [3.05, 3.63) is 29.6 Å². The number of hydrogen-bond donors (Lipinski definition) is 1. The van der Waals surface area contributed by atoms with Gasteiger partial charge in [-0.2, -0.15) is 0 Å². The van der Waals surface area contributed by atoms with Gasteiger partial charge in [0.25, 0.3) is 0 Å². The first kappa shape index (κ1) is 12.4. The number of nitrogens with zero attached hydrogens (tertiary/aromatic N) is 2. The average molecular weight is 269 g/mol. The Morgan fingerprint density at radius 3 is 2.80 bits per heavy atom. The molecule has 3 nitrogen and oxygen atoms in total. The fourth-order valence-corrected chi connectivity index (χ4v) is 3.97. The summed E-state index contributed by atoms with van der Waals surface area (Å²) in [6.07, 6.45) is 7.21. The molecule has 106 valence electrons. The van der Waals surface area contributed by atoms with Crippen LogP contribution in [0.3, 0.4) is 0 Å². The van der Waals surface area contributed by atoms with Gasteiger partial charge in [-0.25, -0.2) is 4.98 Å². The van der Waals surface area contributed by atoms with E-state index in [2.05, 4.69) is 33.9 Å². The van der Waals surface area contributed by atoms with Crippen LogP contribution >= 0.6 is 0 Å². The van der Waals surface area contributed by atoms with Crippen LogP contribution in [0.4, 0.5) is 0 Å². The van der Waals surface area contributed by atoms with Crippen molar-refractivity contribution in [3.63, 3.8) is 0 Å². The molecule has 2 unspecified atom stereocenters. The monoisotopic (exact) mass is 269 g/mol. The maximum atomic E-state index is 4.63. The van der Waals surface area contributed by atoms with Crippen LogP contribution in [0.25, 0.3) is 11.0 Å². The number of fused-ring (bicyclic) bond motifs is 6. The summed E-state index contributed by atoms with van der Waals surface area (Å²) in [7, 11) is 0. The Kier molecular flexibility index (Phi) is 3.03. The molecule has 20 heavy (non-hydrogen) atoms. The van der Waals surface area contributed by atoms with Crippen molar-refractivity contribution in [2.24, 2.45) is 0 Å². The second-order valence-electron chi connectivity index (χ2n) is 6.40. The smallest absolute Gasteiger partial charge is 0.0958 e. The molecule has 1 fully saturated rings. The van der Waals surface area contributed by atoms with Crippen molar-refractivity contribution in [1.29, 1.82) is 0 Å². The van der Waals surface area contributed by atoms with Crippen LogP contribution in [0.1, 0.15) is 55.6 Å². The van der Waals surface area contributed by atoms with E-state index >= 15 is 0 Å². The Hall–Kier alpha value is -1.35. The highest BCUT2D eigenvalue weighted by Crippen LogP contribution is 2.44. The molecule has 1 aromatic heterocycles. The summed E-state index contributed by atoms with van der Waals surface area (Å²) < 4.78 is 2.35. The lowest BCUT2D eigenvalue weighted by Crippen LogP contribution is -2.28. The van der Waals surface area contributed by atoms with E-state index in [0.29, 0.717) is 0 Å². The van der Waals surface area contributed by atoms with E-state index in [1.54, 1.807) is 11.1 Å². The Morgan fingerprint density at radius 1 is 1.20 bits per heavy atom. The number of unbranched alkanes of at least 4 members (excludes halogenated alkanes) is 2. The normalized spacial score (nSPS) is 24.2. The van der Waals surface area contributed by atoms with Crippen LogP contribution in [0, 0.1) is 0 Å². The average Bonchev–Trinajstić information content (AvgIpc) is 2.98. The molecule has 2 bridgehead atoms. The molecular weight excluding hydrogens is 246 g/mol. The molecule has 1 aliphatic carbocycles. The fourth-order valence-electron chi connectivity index (χ4n) is 3.97. The number of rotatable bonds is 4. The molecule has 1 aromatic carbocycles. The third-order valence-corrected chi connectivity index (χ3v) is 5.06. The van der Waals surface area contributed by atoms with Gasteiger partial charge in [-0.3, -0.25) is 0 Å². The van der Waals surface area contributed by atoms with Gasteiger partial charge in [-0.1, -0.05) is 19.8 Å². The highest BCUT2D eigenvalue weighted by Gasteiger charge is 2.34. The zero-order chi connectivity index (χ0) is 13.5. The zero-order valence-corrected chi connectivity index (χ0v) is 12.2. The highest BCUT2D eigenvalue weighted by molar-refractivity contribution is 5.78. The van der Waals surface area contributed by atoms with Gasteiger partial charge in [0, 0.05) is 19.6 Å². The molecule has 3 heteroatoms. The van der Waals surface area contributed by atoms with E-state index in [1.165, 1.54) is 36.7 Å². The lowest BCUT2D eigenvalue weighted by molar-refractivity contribution is 0.454. The van der Waals surface area contributed by atoms with Gasteiger partial charge in [-0.15, -0.1) is 0 Å². The third-order valence-electron chi connectivity index (χ3n) is 5.06. The molecule has 2 aromatic rings. The minimum absolute atomic E-state index is 0.721. The second-order valence-corrected chi connectivity index (χ2v) is 6.40. The summed E-state index contributed by atoms with van der Waals surface area (Å²) >= 11 is 0. The van der Waals surface area contributed by atoms with Crippen LogP contribution in [0.15, 0.2) is 18.5 Å². The van der Waals surface area contributed by atoms with E-state index in [-0.39, 0.29) is 0 Å². The number of piperidine rings is 1. The summed E-state index contributed by atoms with van der Waals surface area (Å²) in [4.78, 5) is 4.63. The molecule has 2 atom stereocenters. The Bertz CT molecular complexity index is 628. The molecule has 2 heterocycles. The third kappa shape index (κ3) is 1.87. The van der Waals surface area contributed by atoms with E-state index in [1.807, 2.05) is 6.33 Å². The molecule has 0 amide bonds. The minimum atomic E-state index is 0.721. The van der Waals surface area contributed by atoms with E-state index in [4.69, 9.17) is 0 Å². The van der Waals surface area contributed by atoms with Crippen LogP contribution in [-0.4, -0.2) is 22.6 Å². The van der Waals surface area contributed by atoms with Gasteiger partial charge < -0.3 is 9.88 Å². The number of hydrogen-bond acceptors (Lipinski definition) is 2. The van der Waals surface area contributed by atoms with Crippen LogP contribution in [-0.2, 0) is 6.54 Å². The molecule has 1 saturated heterocycles. The minimum Gasteiger partial charge on any atom is -0.331 e. The van der Waals surface area contributed by atoms with Gasteiger partial charge in [0.1, 0.15) is 0 Å². The number of nitrogens with one attached hydrogen (secondary N) is 1. The van der Waals surface area contributed by atoms with Gasteiger partial charge in [0.2, 0.25) is 0 Å². The molecule has 1 N–H and O–H groups in total. The second kappa shape index (κ2) is 4.88. The molecule has 0 saturated carbocycles. The van der Waals surface area contributed by atoms with E-state index in [0.717, 1.165) is 31.5 Å². The number of aryl methyl sites for hydroxylation is 1. The summed E-state index contributed by atoms with van der Waals surface area (Å²) in [5.41, 5.74) is 5.68. The largest absolute Gasteiger partial charge is 0.331 e. The van der Waals surface area contributed by atoms with Crippen molar-refractivity contribution < 1.29 is 0 Å². The number of benzene rings is 1. The van der Waals surface area contributed by atoms with Gasteiger partial charge in [0.05, 0.1) is 17.4 Å². The lowest BCUT2D eigenvalue weighted by Gasteiger charge is -2.19. The first-order chi connectivity index (χ1) is 9.86. The van der Waals surface area contributed by atoms with Crippen LogP contribution in [0.2, 0.25) is 0 Å². The molecule has 4 rings (SSSR count). The van der Waals surface area contributed by atoms with Crippen LogP contribution in [0.5, 0.6) is 0 Å². The first-order valence-electron chi connectivity index (χ1n) is 8.06. The van der Waals surface area contributed by atoms with Gasteiger partial charge in [-0.05, 0) is 47.9 Å². The first-order valence-corrected chi connectivity index (χ1v) is 8.06. The van der Waals surface area contributed by atoms with Gasteiger partial charge in [0.15, 0.2) is 0 Å². The van der Waals surface area contributed by atoms with Crippen LogP contribution < -0.4 is 5.32 Å². The van der Waals surface area contributed by atoms with Crippen molar-refractivity contribution in [2.45, 2.75) is 51.0 Å². The number of imidazole rings is 1. The topological polar surface area (TPSA) is 29.9 Å². The SMILES string of the molecule is CCCCCn1cnc2cc3c(cc21)C1CNCC3C1. The van der Waals surface area contributed by atoms with Crippen molar-refractivity contribution in [1.82, 2.24) is 14.9 Å². The predicted molar refractivity (Wildman–Crippen MR) is 82.2 cm³/mol. The van der Waals surface area contributed by atoms with E-state index < -0.39 is 0 Å². The van der Waals surface area contributed by atoms with E-state index in [9.17, 15) is 0 Å². The summed E-state index contributed by atoms with van der Waals surface area (Å²) in [6, 6.07) is 4.79. The molecule has 0 radical (unpaired) electrons. The molecular formula is C17H23N3.